The molecular weight excluding hydrogens is 354 g/mol. The zero-order valence-electron chi connectivity index (χ0n) is 15.9. The van der Waals surface area contributed by atoms with Crippen LogP contribution in [0.15, 0.2) is 29.3 Å². The van der Waals surface area contributed by atoms with Gasteiger partial charge >= 0.3 is 0 Å². The number of nitrogens with zero attached hydrogens (tertiary/aromatic N) is 5. The number of aromatic nitrogens is 6. The van der Waals surface area contributed by atoms with Crippen LogP contribution in [0.4, 0.5) is 5.95 Å². The minimum atomic E-state index is -0.115. The summed E-state index contributed by atoms with van der Waals surface area (Å²) in [6, 6.07) is 4.03. The van der Waals surface area contributed by atoms with Crippen LogP contribution in [-0.2, 0) is 0 Å². The summed E-state index contributed by atoms with van der Waals surface area (Å²) in [7, 11) is 1.78. The molecule has 0 spiro atoms. The summed E-state index contributed by atoms with van der Waals surface area (Å²) in [4.78, 5) is 34.8. The van der Waals surface area contributed by atoms with E-state index < -0.39 is 0 Å². The number of rotatable bonds is 3. The van der Waals surface area contributed by atoms with Crippen LogP contribution in [0.1, 0.15) is 37.4 Å². The second-order valence-corrected chi connectivity index (χ2v) is 7.27. The van der Waals surface area contributed by atoms with Gasteiger partial charge in [-0.25, -0.2) is 15.0 Å². The summed E-state index contributed by atoms with van der Waals surface area (Å²) >= 11 is 0. The maximum atomic E-state index is 13.5. The van der Waals surface area contributed by atoms with Gasteiger partial charge in [-0.05, 0) is 31.9 Å². The molecule has 4 aromatic rings. The molecule has 1 saturated carbocycles. The van der Waals surface area contributed by atoms with E-state index in [1.807, 2.05) is 29.8 Å². The number of nitrogens with one attached hydrogen (secondary N) is 2. The number of hydrogen-bond donors (Lipinski definition) is 2. The molecule has 0 bridgehead atoms. The zero-order valence-corrected chi connectivity index (χ0v) is 15.9. The van der Waals surface area contributed by atoms with Gasteiger partial charge in [-0.2, -0.15) is 4.98 Å². The monoisotopic (exact) mass is 375 g/mol. The quantitative estimate of drug-likeness (QED) is 0.570. The number of fused-ring (bicyclic) bond motifs is 2. The second-order valence-electron chi connectivity index (χ2n) is 7.27. The largest absolute Gasteiger partial charge is 0.357 e. The van der Waals surface area contributed by atoms with Gasteiger partial charge in [-0.1, -0.05) is 12.8 Å². The van der Waals surface area contributed by atoms with Crippen LogP contribution in [0.2, 0.25) is 0 Å². The van der Waals surface area contributed by atoms with Crippen LogP contribution in [0.25, 0.3) is 33.5 Å². The smallest absolute Gasteiger partial charge is 0.279 e. The molecule has 1 aliphatic rings. The predicted octanol–water partition coefficient (Wildman–Crippen LogP) is 3.20. The first-order valence-electron chi connectivity index (χ1n) is 9.58. The molecule has 2 N–H and O–H groups in total. The van der Waals surface area contributed by atoms with Crippen LogP contribution in [0, 0.1) is 6.92 Å². The lowest BCUT2D eigenvalue weighted by Crippen LogP contribution is -2.28. The molecule has 0 saturated heterocycles. The van der Waals surface area contributed by atoms with Crippen molar-refractivity contribution in [2.24, 2.45) is 0 Å². The summed E-state index contributed by atoms with van der Waals surface area (Å²) in [5.74, 6) is 0.501. The van der Waals surface area contributed by atoms with E-state index >= 15 is 0 Å². The molecule has 5 rings (SSSR count). The van der Waals surface area contributed by atoms with Crippen molar-refractivity contribution in [1.82, 2.24) is 29.5 Å². The van der Waals surface area contributed by atoms with E-state index in [0.717, 1.165) is 42.4 Å². The average Bonchev–Trinajstić information content (AvgIpc) is 3.38. The van der Waals surface area contributed by atoms with Gasteiger partial charge in [0.2, 0.25) is 5.95 Å². The molecule has 0 amide bonds. The number of pyridine rings is 1. The molecule has 0 unspecified atom stereocenters. The van der Waals surface area contributed by atoms with Crippen molar-refractivity contribution >= 4 is 28.1 Å². The highest BCUT2D eigenvalue weighted by Gasteiger charge is 2.25. The molecule has 4 heterocycles. The Bertz CT molecular complexity index is 1250. The molecular formula is C20H21N7O. The number of aromatic amines is 1. The molecule has 8 heteroatoms. The normalized spacial score (nSPS) is 14.9. The van der Waals surface area contributed by atoms with Crippen LogP contribution in [-0.4, -0.2) is 36.5 Å². The van der Waals surface area contributed by atoms with Gasteiger partial charge < -0.3 is 10.3 Å². The van der Waals surface area contributed by atoms with Crippen molar-refractivity contribution in [1.29, 1.82) is 0 Å². The lowest BCUT2D eigenvalue weighted by atomic mass is 10.1. The first kappa shape index (κ1) is 16.9. The maximum absolute atomic E-state index is 13.5. The molecule has 142 valence electrons. The van der Waals surface area contributed by atoms with Gasteiger partial charge in [0.15, 0.2) is 5.65 Å². The minimum Gasteiger partial charge on any atom is -0.357 e. The Balaban J connectivity index is 1.83. The third kappa shape index (κ3) is 2.56. The zero-order chi connectivity index (χ0) is 19.3. The SMILES string of the molecule is CNc1nc(C)c2nc(-c3cnc4[nH]ccc4c3)c(=O)n(C3CCCC3)c2n1. The molecule has 1 aliphatic carbocycles. The Morgan fingerprint density at radius 1 is 1.21 bits per heavy atom. The molecule has 28 heavy (non-hydrogen) atoms. The number of hydrogen-bond acceptors (Lipinski definition) is 6. The highest BCUT2D eigenvalue weighted by atomic mass is 16.1. The second kappa shape index (κ2) is 6.40. The van der Waals surface area contributed by atoms with E-state index in [2.05, 4.69) is 25.3 Å². The minimum absolute atomic E-state index is 0.115. The van der Waals surface area contributed by atoms with E-state index in [4.69, 9.17) is 4.98 Å². The molecule has 8 nitrogen and oxygen atoms in total. The van der Waals surface area contributed by atoms with Crippen molar-refractivity contribution in [3.05, 3.63) is 40.6 Å². The Morgan fingerprint density at radius 2 is 2.04 bits per heavy atom. The summed E-state index contributed by atoms with van der Waals surface area (Å²) < 4.78 is 1.83. The van der Waals surface area contributed by atoms with E-state index in [1.54, 1.807) is 13.2 Å². The fourth-order valence-electron chi connectivity index (χ4n) is 4.09. The van der Waals surface area contributed by atoms with Gasteiger partial charge in [0.05, 0.1) is 5.69 Å². The van der Waals surface area contributed by atoms with E-state index in [1.165, 1.54) is 0 Å². The molecule has 0 radical (unpaired) electrons. The summed E-state index contributed by atoms with van der Waals surface area (Å²) in [5, 5.41) is 3.93. The maximum Gasteiger partial charge on any atom is 0.279 e. The number of H-pyrrole nitrogens is 1. The van der Waals surface area contributed by atoms with Crippen molar-refractivity contribution < 1.29 is 0 Å². The highest BCUT2D eigenvalue weighted by Crippen LogP contribution is 2.31. The van der Waals surface area contributed by atoms with E-state index in [-0.39, 0.29) is 11.6 Å². The van der Waals surface area contributed by atoms with E-state index in [0.29, 0.717) is 28.4 Å². The van der Waals surface area contributed by atoms with Gasteiger partial charge in [-0.15, -0.1) is 0 Å². The Hall–Kier alpha value is -3.29. The topological polar surface area (TPSA) is 101 Å². The third-order valence-electron chi connectivity index (χ3n) is 5.50. The summed E-state index contributed by atoms with van der Waals surface area (Å²) in [6.45, 7) is 1.90. The average molecular weight is 375 g/mol. The molecule has 1 fully saturated rings. The van der Waals surface area contributed by atoms with E-state index in [9.17, 15) is 4.79 Å². The lowest BCUT2D eigenvalue weighted by Gasteiger charge is -2.18. The lowest BCUT2D eigenvalue weighted by molar-refractivity contribution is 0.515. The van der Waals surface area contributed by atoms with Crippen molar-refractivity contribution in [2.45, 2.75) is 38.6 Å². The summed E-state index contributed by atoms with van der Waals surface area (Å²) in [6.07, 6.45) is 7.73. The summed E-state index contributed by atoms with van der Waals surface area (Å²) in [5.41, 5.74) is 3.80. The van der Waals surface area contributed by atoms with Crippen molar-refractivity contribution in [3.8, 4) is 11.3 Å². The first-order valence-corrected chi connectivity index (χ1v) is 9.58. The van der Waals surface area contributed by atoms with Crippen LogP contribution < -0.4 is 10.9 Å². The number of anilines is 1. The van der Waals surface area contributed by atoms with Gasteiger partial charge in [-0.3, -0.25) is 9.36 Å². The van der Waals surface area contributed by atoms with Gasteiger partial charge in [0.1, 0.15) is 16.9 Å². The standard InChI is InChI=1S/C20H21N7O/c1-11-15-18(26-20(21-2)24-11)27(14-5-3-4-6-14)19(28)16(25-15)13-9-12-7-8-22-17(12)23-10-13/h7-10,14H,3-6H2,1-2H3,(H,22,23)(H,21,24,26). The van der Waals surface area contributed by atoms with Crippen LogP contribution in [0.3, 0.4) is 0 Å². The van der Waals surface area contributed by atoms with Crippen LogP contribution in [0.5, 0.6) is 0 Å². The Kier molecular flexibility index (Phi) is 3.85. The van der Waals surface area contributed by atoms with Crippen LogP contribution >= 0.6 is 0 Å². The predicted molar refractivity (Wildman–Crippen MR) is 108 cm³/mol. The molecule has 0 aromatic carbocycles. The fourth-order valence-corrected chi connectivity index (χ4v) is 4.09. The van der Waals surface area contributed by atoms with Crippen molar-refractivity contribution in [3.63, 3.8) is 0 Å². The highest BCUT2D eigenvalue weighted by molar-refractivity contribution is 5.82. The Morgan fingerprint density at radius 3 is 2.82 bits per heavy atom. The third-order valence-corrected chi connectivity index (χ3v) is 5.50. The molecule has 0 atom stereocenters. The van der Waals surface area contributed by atoms with Crippen molar-refractivity contribution in [2.75, 3.05) is 12.4 Å². The fraction of sp³-hybridized carbons (Fsp3) is 0.350. The molecule has 4 aromatic heterocycles. The van der Waals surface area contributed by atoms with Gasteiger partial charge in [0, 0.05) is 36.4 Å². The number of aryl methyl sites for hydroxylation is 1. The molecule has 0 aliphatic heterocycles. The Labute approximate surface area is 161 Å². The first-order chi connectivity index (χ1) is 13.7. The van der Waals surface area contributed by atoms with Gasteiger partial charge in [0.25, 0.3) is 5.56 Å².